The van der Waals surface area contributed by atoms with E-state index in [0.717, 1.165) is 29.4 Å². The van der Waals surface area contributed by atoms with E-state index in [1.165, 1.54) is 25.7 Å². The number of nitrogens with two attached hydrogens (primary N) is 1. The zero-order chi connectivity index (χ0) is 15.1. The maximum Gasteiger partial charge on any atom is 0.231 e. The second-order valence-corrected chi connectivity index (χ2v) is 5.86. The second kappa shape index (κ2) is 8.25. The third kappa shape index (κ3) is 5.21. The van der Waals surface area contributed by atoms with Gasteiger partial charge in [-0.15, -0.1) is 0 Å². The zero-order valence-electron chi connectivity index (χ0n) is 12.1. The van der Waals surface area contributed by atoms with Crippen LogP contribution in [0.4, 0.5) is 0 Å². The number of carbonyl (C=O) groups is 1. The summed E-state index contributed by atoms with van der Waals surface area (Å²) in [7, 11) is 0. The Morgan fingerprint density at radius 1 is 1.24 bits per heavy atom. The molecule has 2 N–H and O–H groups in total. The van der Waals surface area contributed by atoms with Crippen molar-refractivity contribution in [2.24, 2.45) is 11.7 Å². The Balaban J connectivity index is 0.000000155. The standard InChI is InChI=1S/C8H13ClO.C8H9NO2/c9-8(10)6-5-7-3-1-2-4-7;9-4-6-1-2-7-8(3-6)11-5-10-7/h7H,1-6H2;1-3H,4-5,9H2. The van der Waals surface area contributed by atoms with Crippen molar-refractivity contribution in [1.82, 2.24) is 0 Å². The van der Waals surface area contributed by atoms with Crippen LogP contribution in [0.5, 0.6) is 11.5 Å². The summed E-state index contributed by atoms with van der Waals surface area (Å²) in [6.45, 7) is 0.861. The van der Waals surface area contributed by atoms with Crippen molar-refractivity contribution in [1.29, 1.82) is 0 Å². The summed E-state index contributed by atoms with van der Waals surface area (Å²) < 4.78 is 10.3. The highest BCUT2D eigenvalue weighted by Crippen LogP contribution is 2.32. The SMILES string of the molecule is NCc1ccc2c(c1)OCO2.O=C(Cl)CCC1CCCC1. The number of ether oxygens (including phenoxy) is 2. The van der Waals surface area contributed by atoms with Gasteiger partial charge in [0.25, 0.3) is 0 Å². The zero-order valence-corrected chi connectivity index (χ0v) is 12.9. The van der Waals surface area contributed by atoms with E-state index in [4.69, 9.17) is 26.8 Å². The molecule has 3 rings (SSSR count). The highest BCUT2D eigenvalue weighted by molar-refractivity contribution is 6.63. The largest absolute Gasteiger partial charge is 0.454 e. The Bertz CT molecular complexity index is 473. The van der Waals surface area contributed by atoms with Crippen LogP contribution in [0.1, 0.15) is 44.1 Å². The average Bonchev–Trinajstić information content (AvgIpc) is 3.16. The van der Waals surface area contributed by atoms with Crippen LogP contribution in [-0.4, -0.2) is 12.0 Å². The normalized spacial score (nSPS) is 16.5. The van der Waals surface area contributed by atoms with E-state index in [0.29, 0.717) is 19.8 Å². The summed E-state index contributed by atoms with van der Waals surface area (Å²) in [5.41, 5.74) is 6.51. The molecule has 0 bridgehead atoms. The van der Waals surface area contributed by atoms with Gasteiger partial charge in [-0.2, -0.15) is 0 Å². The van der Waals surface area contributed by atoms with Crippen molar-refractivity contribution in [2.45, 2.75) is 45.1 Å². The van der Waals surface area contributed by atoms with Crippen LogP contribution in [0.25, 0.3) is 0 Å². The van der Waals surface area contributed by atoms with Crippen molar-refractivity contribution < 1.29 is 14.3 Å². The third-order valence-corrected chi connectivity index (χ3v) is 4.09. The predicted octanol–water partition coefficient (Wildman–Crippen LogP) is 3.60. The molecule has 0 aromatic heterocycles. The molecule has 0 saturated heterocycles. The molecule has 2 aliphatic rings. The van der Waals surface area contributed by atoms with Gasteiger partial charge in [-0.25, -0.2) is 0 Å². The molecule has 0 radical (unpaired) electrons. The van der Waals surface area contributed by atoms with Gasteiger partial charge < -0.3 is 15.2 Å². The first-order valence-electron chi connectivity index (χ1n) is 7.46. The predicted molar refractivity (Wildman–Crippen MR) is 82.5 cm³/mol. The Morgan fingerprint density at radius 2 is 1.95 bits per heavy atom. The van der Waals surface area contributed by atoms with Gasteiger partial charge >= 0.3 is 0 Å². The maximum atomic E-state index is 10.4. The number of benzene rings is 1. The molecule has 1 fully saturated rings. The molecular formula is C16H22ClNO3. The van der Waals surface area contributed by atoms with E-state index >= 15 is 0 Å². The number of carbonyl (C=O) groups excluding carboxylic acids is 1. The lowest BCUT2D eigenvalue weighted by molar-refractivity contribution is -0.111. The first-order valence-corrected chi connectivity index (χ1v) is 7.83. The van der Waals surface area contributed by atoms with Crippen molar-refractivity contribution in [3.63, 3.8) is 0 Å². The summed E-state index contributed by atoms with van der Waals surface area (Å²) in [4.78, 5) is 10.4. The molecule has 0 atom stereocenters. The topological polar surface area (TPSA) is 61.6 Å². The van der Waals surface area contributed by atoms with Crippen LogP contribution in [0, 0.1) is 5.92 Å². The number of halogens is 1. The Kier molecular flexibility index (Phi) is 6.33. The first-order chi connectivity index (χ1) is 10.2. The minimum atomic E-state index is -0.174. The van der Waals surface area contributed by atoms with Gasteiger partial charge in [0.2, 0.25) is 12.0 Å². The first kappa shape index (κ1) is 16.1. The van der Waals surface area contributed by atoms with Crippen molar-refractivity contribution in [2.75, 3.05) is 6.79 Å². The van der Waals surface area contributed by atoms with Crippen LogP contribution in [0.3, 0.4) is 0 Å². The number of hydrogen-bond donors (Lipinski definition) is 1. The summed E-state index contributed by atoms with van der Waals surface area (Å²) in [6.07, 6.45) is 6.91. The number of hydrogen-bond acceptors (Lipinski definition) is 4. The summed E-state index contributed by atoms with van der Waals surface area (Å²) in [6, 6.07) is 5.72. The van der Waals surface area contributed by atoms with E-state index in [-0.39, 0.29) is 5.24 Å². The molecule has 1 saturated carbocycles. The van der Waals surface area contributed by atoms with E-state index < -0.39 is 0 Å². The van der Waals surface area contributed by atoms with Crippen molar-refractivity contribution in [3.05, 3.63) is 23.8 Å². The quantitative estimate of drug-likeness (QED) is 0.863. The Morgan fingerprint density at radius 3 is 2.62 bits per heavy atom. The molecule has 0 unspecified atom stereocenters. The highest BCUT2D eigenvalue weighted by atomic mass is 35.5. The molecule has 116 valence electrons. The van der Waals surface area contributed by atoms with Gasteiger partial charge in [0.1, 0.15) is 0 Å². The van der Waals surface area contributed by atoms with Gasteiger partial charge in [0, 0.05) is 13.0 Å². The van der Waals surface area contributed by atoms with Gasteiger partial charge in [-0.05, 0) is 41.6 Å². The van der Waals surface area contributed by atoms with Crippen LogP contribution in [0.15, 0.2) is 18.2 Å². The molecule has 21 heavy (non-hydrogen) atoms. The second-order valence-electron chi connectivity index (χ2n) is 5.44. The van der Waals surface area contributed by atoms with Crippen LogP contribution >= 0.6 is 11.6 Å². The fraction of sp³-hybridized carbons (Fsp3) is 0.562. The van der Waals surface area contributed by atoms with Crippen molar-refractivity contribution >= 4 is 16.8 Å². The van der Waals surface area contributed by atoms with E-state index in [2.05, 4.69) is 0 Å². The molecule has 4 nitrogen and oxygen atoms in total. The minimum absolute atomic E-state index is 0.174. The van der Waals surface area contributed by atoms with Gasteiger partial charge in [-0.1, -0.05) is 31.7 Å². The van der Waals surface area contributed by atoms with Gasteiger partial charge in [0.15, 0.2) is 11.5 Å². The fourth-order valence-corrected chi connectivity index (χ4v) is 2.79. The van der Waals surface area contributed by atoms with Crippen LogP contribution in [-0.2, 0) is 11.3 Å². The van der Waals surface area contributed by atoms with E-state index in [9.17, 15) is 4.79 Å². The molecule has 1 aliphatic carbocycles. The van der Waals surface area contributed by atoms with Crippen LogP contribution in [0.2, 0.25) is 0 Å². The van der Waals surface area contributed by atoms with Gasteiger partial charge in [-0.3, -0.25) is 4.79 Å². The summed E-state index contributed by atoms with van der Waals surface area (Å²) in [5, 5.41) is -0.174. The Hall–Kier alpha value is -1.26. The molecule has 5 heteroatoms. The minimum Gasteiger partial charge on any atom is -0.454 e. The van der Waals surface area contributed by atoms with E-state index in [1.807, 2.05) is 18.2 Å². The molecule has 1 aromatic carbocycles. The lowest BCUT2D eigenvalue weighted by Gasteiger charge is -2.04. The maximum absolute atomic E-state index is 10.4. The number of fused-ring (bicyclic) bond motifs is 1. The van der Waals surface area contributed by atoms with Crippen LogP contribution < -0.4 is 15.2 Å². The summed E-state index contributed by atoms with van der Waals surface area (Å²) in [5.74, 6) is 2.40. The van der Waals surface area contributed by atoms with Gasteiger partial charge in [0.05, 0.1) is 0 Å². The lowest BCUT2D eigenvalue weighted by atomic mass is 10.0. The fourth-order valence-electron chi connectivity index (χ4n) is 2.68. The third-order valence-electron chi connectivity index (χ3n) is 3.90. The lowest BCUT2D eigenvalue weighted by Crippen LogP contribution is -1.95. The molecule has 0 spiro atoms. The molecule has 1 aliphatic heterocycles. The van der Waals surface area contributed by atoms with Crippen molar-refractivity contribution in [3.8, 4) is 11.5 Å². The molecule has 1 aromatic rings. The Labute approximate surface area is 130 Å². The summed E-state index contributed by atoms with van der Waals surface area (Å²) >= 11 is 5.22. The highest BCUT2D eigenvalue weighted by Gasteiger charge is 2.15. The molecule has 0 amide bonds. The van der Waals surface area contributed by atoms with E-state index in [1.54, 1.807) is 0 Å². The monoisotopic (exact) mass is 311 g/mol. The number of rotatable bonds is 4. The molecular weight excluding hydrogens is 290 g/mol. The molecule has 1 heterocycles. The smallest absolute Gasteiger partial charge is 0.231 e. The average molecular weight is 312 g/mol.